The Kier molecular flexibility index (Phi) is 6.03. The number of carbonyl (C=O) groups is 2. The summed E-state index contributed by atoms with van der Waals surface area (Å²) in [6.45, 7) is 7.15. The van der Waals surface area contributed by atoms with E-state index >= 15 is 0 Å². The molecule has 0 heterocycles. The van der Waals surface area contributed by atoms with Crippen LogP contribution in [0.4, 0.5) is 0 Å². The van der Waals surface area contributed by atoms with Gasteiger partial charge in [-0.15, -0.1) is 0 Å². The number of aliphatic hydroxyl groups is 1. The first kappa shape index (κ1) is 14.9. The Morgan fingerprint density at radius 1 is 1.19 bits per heavy atom. The number of amides is 1. The number of carboxylic acid groups (broad SMARTS) is 1. The van der Waals surface area contributed by atoms with Crippen molar-refractivity contribution in [2.45, 2.75) is 46.3 Å². The maximum absolute atomic E-state index is 11.5. The highest BCUT2D eigenvalue weighted by molar-refractivity contribution is 5.86. The van der Waals surface area contributed by atoms with E-state index in [0.29, 0.717) is 6.42 Å². The van der Waals surface area contributed by atoms with Crippen LogP contribution in [0, 0.1) is 11.8 Å². The largest absolute Gasteiger partial charge is 0.480 e. The molecule has 5 heteroatoms. The first-order valence-corrected chi connectivity index (χ1v) is 5.47. The lowest BCUT2D eigenvalue weighted by atomic mass is 10.0. The zero-order valence-corrected chi connectivity index (χ0v) is 10.2. The summed E-state index contributed by atoms with van der Waals surface area (Å²) in [4.78, 5) is 22.3. The van der Waals surface area contributed by atoms with Crippen LogP contribution in [-0.4, -0.2) is 34.2 Å². The van der Waals surface area contributed by atoms with Gasteiger partial charge >= 0.3 is 5.97 Å². The standard InChI is InChI=1S/C11H21NO4/c1-6(2)5-8(11(15)16)12-10(14)9(13)7(3)4/h6-9,13H,5H2,1-4H3,(H,12,14)(H,15,16). The van der Waals surface area contributed by atoms with Crippen molar-refractivity contribution in [3.63, 3.8) is 0 Å². The van der Waals surface area contributed by atoms with E-state index in [1.165, 1.54) is 0 Å². The molecule has 0 bridgehead atoms. The van der Waals surface area contributed by atoms with Gasteiger partial charge in [-0.25, -0.2) is 4.79 Å². The van der Waals surface area contributed by atoms with Gasteiger partial charge in [0.1, 0.15) is 12.1 Å². The van der Waals surface area contributed by atoms with Crippen LogP contribution < -0.4 is 5.32 Å². The summed E-state index contributed by atoms with van der Waals surface area (Å²) in [5, 5.41) is 20.7. The smallest absolute Gasteiger partial charge is 0.326 e. The van der Waals surface area contributed by atoms with E-state index in [9.17, 15) is 14.7 Å². The number of rotatable bonds is 6. The summed E-state index contributed by atoms with van der Waals surface area (Å²) in [6, 6.07) is -0.930. The Balaban J connectivity index is 4.40. The third-order valence-electron chi connectivity index (χ3n) is 2.22. The van der Waals surface area contributed by atoms with Crippen molar-refractivity contribution in [1.82, 2.24) is 5.32 Å². The van der Waals surface area contributed by atoms with Gasteiger partial charge < -0.3 is 15.5 Å². The SMILES string of the molecule is CC(C)CC(NC(=O)C(O)C(C)C)C(=O)O. The minimum absolute atomic E-state index is 0.164. The van der Waals surface area contributed by atoms with Gasteiger partial charge in [0.15, 0.2) is 0 Å². The van der Waals surface area contributed by atoms with Crippen molar-refractivity contribution in [3.05, 3.63) is 0 Å². The molecule has 0 aromatic carbocycles. The monoisotopic (exact) mass is 231 g/mol. The van der Waals surface area contributed by atoms with Crippen molar-refractivity contribution < 1.29 is 19.8 Å². The molecular weight excluding hydrogens is 210 g/mol. The molecule has 0 aromatic rings. The summed E-state index contributed by atoms with van der Waals surface area (Å²) in [5.41, 5.74) is 0. The van der Waals surface area contributed by atoms with E-state index in [1.54, 1.807) is 13.8 Å². The molecule has 3 N–H and O–H groups in total. The molecule has 1 amide bonds. The summed E-state index contributed by atoms with van der Waals surface area (Å²) < 4.78 is 0. The van der Waals surface area contributed by atoms with Crippen LogP contribution in [0.3, 0.4) is 0 Å². The third kappa shape index (κ3) is 5.11. The molecule has 0 aromatic heterocycles. The summed E-state index contributed by atoms with van der Waals surface area (Å²) in [7, 11) is 0. The Bertz CT molecular complexity index is 250. The van der Waals surface area contributed by atoms with Gasteiger partial charge in [-0.1, -0.05) is 27.7 Å². The van der Waals surface area contributed by atoms with Gasteiger partial charge in [0, 0.05) is 0 Å². The fourth-order valence-electron chi connectivity index (χ4n) is 1.25. The molecule has 0 rings (SSSR count). The average Bonchev–Trinajstić information content (AvgIpc) is 2.14. The maximum atomic E-state index is 11.5. The number of nitrogens with one attached hydrogen (secondary N) is 1. The van der Waals surface area contributed by atoms with Gasteiger partial charge in [0.05, 0.1) is 0 Å². The van der Waals surface area contributed by atoms with Gasteiger partial charge in [-0.3, -0.25) is 4.79 Å². The first-order chi connectivity index (χ1) is 7.25. The predicted octanol–water partition coefficient (Wildman–Crippen LogP) is 0.619. The van der Waals surface area contributed by atoms with Crippen molar-refractivity contribution in [3.8, 4) is 0 Å². The minimum atomic E-state index is -1.16. The number of aliphatic hydroxyl groups excluding tert-OH is 1. The van der Waals surface area contributed by atoms with Crippen molar-refractivity contribution in [1.29, 1.82) is 0 Å². The number of aliphatic carboxylic acids is 1. The number of hydrogen-bond donors (Lipinski definition) is 3. The summed E-state index contributed by atoms with van der Waals surface area (Å²) in [6.07, 6.45) is -0.805. The highest BCUT2D eigenvalue weighted by Crippen LogP contribution is 2.07. The average molecular weight is 231 g/mol. The first-order valence-electron chi connectivity index (χ1n) is 5.47. The Morgan fingerprint density at radius 2 is 1.69 bits per heavy atom. The molecule has 0 fully saturated rings. The number of hydrogen-bond acceptors (Lipinski definition) is 3. The zero-order chi connectivity index (χ0) is 12.9. The van der Waals surface area contributed by atoms with E-state index in [1.807, 2.05) is 13.8 Å². The van der Waals surface area contributed by atoms with E-state index in [-0.39, 0.29) is 11.8 Å². The lowest BCUT2D eigenvalue weighted by molar-refractivity contribution is -0.144. The second kappa shape index (κ2) is 6.48. The molecule has 94 valence electrons. The topological polar surface area (TPSA) is 86.6 Å². The Morgan fingerprint density at radius 3 is 2.00 bits per heavy atom. The maximum Gasteiger partial charge on any atom is 0.326 e. The van der Waals surface area contributed by atoms with Crippen LogP contribution in [0.5, 0.6) is 0 Å². The second-order valence-electron chi connectivity index (χ2n) is 4.72. The molecule has 0 aliphatic heterocycles. The quantitative estimate of drug-likeness (QED) is 0.625. The summed E-state index contributed by atoms with van der Waals surface area (Å²) in [5.74, 6) is -1.76. The van der Waals surface area contributed by atoms with Crippen LogP contribution in [0.1, 0.15) is 34.1 Å². The van der Waals surface area contributed by atoms with Gasteiger partial charge in [0.25, 0.3) is 0 Å². The highest BCUT2D eigenvalue weighted by Gasteiger charge is 2.25. The van der Waals surface area contributed by atoms with Crippen LogP contribution >= 0.6 is 0 Å². The van der Waals surface area contributed by atoms with Crippen LogP contribution in [0.25, 0.3) is 0 Å². The molecule has 0 spiro atoms. The lowest BCUT2D eigenvalue weighted by Gasteiger charge is -2.20. The fourth-order valence-corrected chi connectivity index (χ4v) is 1.25. The van der Waals surface area contributed by atoms with Crippen LogP contribution in [-0.2, 0) is 9.59 Å². The van der Waals surface area contributed by atoms with Crippen molar-refractivity contribution in [2.24, 2.45) is 11.8 Å². The third-order valence-corrected chi connectivity index (χ3v) is 2.22. The minimum Gasteiger partial charge on any atom is -0.480 e. The molecule has 2 atom stereocenters. The van der Waals surface area contributed by atoms with E-state index < -0.39 is 24.0 Å². The molecule has 2 unspecified atom stereocenters. The molecule has 0 radical (unpaired) electrons. The van der Waals surface area contributed by atoms with E-state index in [2.05, 4.69) is 5.32 Å². The Hall–Kier alpha value is -1.10. The van der Waals surface area contributed by atoms with Crippen LogP contribution in [0.2, 0.25) is 0 Å². The number of carbonyl (C=O) groups excluding carboxylic acids is 1. The van der Waals surface area contributed by atoms with Crippen LogP contribution in [0.15, 0.2) is 0 Å². The van der Waals surface area contributed by atoms with E-state index in [4.69, 9.17) is 5.11 Å². The fraction of sp³-hybridized carbons (Fsp3) is 0.818. The van der Waals surface area contributed by atoms with Crippen molar-refractivity contribution in [2.75, 3.05) is 0 Å². The molecule has 16 heavy (non-hydrogen) atoms. The molecule has 0 saturated heterocycles. The van der Waals surface area contributed by atoms with Gasteiger partial charge in [-0.05, 0) is 18.3 Å². The van der Waals surface area contributed by atoms with Crippen molar-refractivity contribution >= 4 is 11.9 Å². The zero-order valence-electron chi connectivity index (χ0n) is 10.2. The molecular formula is C11H21NO4. The molecule has 0 aliphatic rings. The number of carboxylic acids is 1. The molecule has 0 aliphatic carbocycles. The highest BCUT2D eigenvalue weighted by atomic mass is 16.4. The van der Waals surface area contributed by atoms with E-state index in [0.717, 1.165) is 0 Å². The predicted molar refractivity (Wildman–Crippen MR) is 59.9 cm³/mol. The molecule has 5 nitrogen and oxygen atoms in total. The lowest BCUT2D eigenvalue weighted by Crippen LogP contribution is -2.47. The Labute approximate surface area is 95.9 Å². The normalized spacial score (nSPS) is 14.9. The van der Waals surface area contributed by atoms with Gasteiger partial charge in [0.2, 0.25) is 5.91 Å². The summed E-state index contributed by atoms with van der Waals surface area (Å²) >= 11 is 0. The van der Waals surface area contributed by atoms with Gasteiger partial charge in [-0.2, -0.15) is 0 Å². The second-order valence-corrected chi connectivity index (χ2v) is 4.72. The molecule has 0 saturated carbocycles.